The Morgan fingerprint density at radius 2 is 1.90 bits per heavy atom. The van der Waals surface area contributed by atoms with Crippen molar-refractivity contribution in [2.24, 2.45) is 10.9 Å². The van der Waals surface area contributed by atoms with Crippen molar-refractivity contribution in [3.8, 4) is 0 Å². The number of rotatable bonds is 3. The number of aromatic nitrogens is 1. The van der Waals surface area contributed by atoms with Gasteiger partial charge in [-0.2, -0.15) is 0 Å². The van der Waals surface area contributed by atoms with Crippen LogP contribution in [0.4, 0.5) is 0 Å². The summed E-state index contributed by atoms with van der Waals surface area (Å²) < 4.78 is 1.56. The lowest BCUT2D eigenvalue weighted by Gasteiger charge is -2.12. The molecule has 0 unspecified atom stereocenters. The second kappa shape index (κ2) is 5.61. The quantitative estimate of drug-likeness (QED) is 0.385. The van der Waals surface area contributed by atoms with Crippen molar-refractivity contribution in [3.63, 3.8) is 0 Å². The standard InChI is InChI=1S/C15H17N3O2/c1-10-5-3-6-11(2)13(10)9-18-8-4-7-12(15(18)19)14(16)17-20/h3-8,20H,9H2,1-2H3,(H2,16,17). The summed E-state index contributed by atoms with van der Waals surface area (Å²) in [6.07, 6.45) is 1.70. The highest BCUT2D eigenvalue weighted by molar-refractivity contribution is 5.96. The molecule has 2 aromatic rings. The number of hydrogen-bond acceptors (Lipinski definition) is 3. The minimum absolute atomic E-state index is 0.175. The van der Waals surface area contributed by atoms with E-state index >= 15 is 0 Å². The maximum absolute atomic E-state index is 12.3. The van der Waals surface area contributed by atoms with E-state index in [0.29, 0.717) is 6.54 Å². The molecule has 0 saturated heterocycles. The zero-order valence-electron chi connectivity index (χ0n) is 11.5. The minimum atomic E-state index is -0.273. The maximum atomic E-state index is 12.3. The van der Waals surface area contributed by atoms with Crippen LogP contribution in [0.25, 0.3) is 0 Å². The average molecular weight is 271 g/mol. The van der Waals surface area contributed by atoms with Crippen LogP contribution in [0.1, 0.15) is 22.3 Å². The summed E-state index contributed by atoms with van der Waals surface area (Å²) in [7, 11) is 0. The SMILES string of the molecule is Cc1cccc(C)c1Cn1cccc(/C(N)=N/O)c1=O. The van der Waals surface area contributed by atoms with Crippen molar-refractivity contribution in [2.45, 2.75) is 20.4 Å². The number of amidine groups is 1. The Labute approximate surface area is 117 Å². The summed E-state index contributed by atoms with van der Waals surface area (Å²) in [5.74, 6) is -0.175. The molecule has 0 radical (unpaired) electrons. The van der Waals surface area contributed by atoms with Crippen LogP contribution < -0.4 is 11.3 Å². The molecule has 1 aromatic carbocycles. The Morgan fingerprint density at radius 3 is 2.50 bits per heavy atom. The van der Waals surface area contributed by atoms with E-state index in [1.807, 2.05) is 32.0 Å². The molecule has 0 spiro atoms. The second-order valence-electron chi connectivity index (χ2n) is 4.71. The van der Waals surface area contributed by atoms with Crippen molar-refractivity contribution in [2.75, 3.05) is 0 Å². The molecule has 1 heterocycles. The van der Waals surface area contributed by atoms with Crippen LogP contribution in [-0.4, -0.2) is 15.6 Å². The summed E-state index contributed by atoms with van der Waals surface area (Å²) in [5.41, 5.74) is 8.79. The molecule has 5 nitrogen and oxygen atoms in total. The fourth-order valence-electron chi connectivity index (χ4n) is 2.18. The fraction of sp³-hybridized carbons (Fsp3) is 0.200. The molecule has 2 rings (SSSR count). The largest absolute Gasteiger partial charge is 0.409 e. The van der Waals surface area contributed by atoms with Crippen molar-refractivity contribution in [1.82, 2.24) is 4.57 Å². The molecule has 0 aliphatic carbocycles. The van der Waals surface area contributed by atoms with E-state index in [1.165, 1.54) is 0 Å². The van der Waals surface area contributed by atoms with Gasteiger partial charge in [-0.1, -0.05) is 23.4 Å². The van der Waals surface area contributed by atoms with Crippen LogP contribution in [0, 0.1) is 13.8 Å². The second-order valence-corrected chi connectivity index (χ2v) is 4.71. The number of benzene rings is 1. The maximum Gasteiger partial charge on any atom is 0.261 e. The molecular formula is C15H17N3O2. The van der Waals surface area contributed by atoms with Gasteiger partial charge in [0.25, 0.3) is 5.56 Å². The van der Waals surface area contributed by atoms with Gasteiger partial charge in [-0.15, -0.1) is 0 Å². The molecular weight excluding hydrogens is 254 g/mol. The van der Waals surface area contributed by atoms with E-state index in [1.54, 1.807) is 22.9 Å². The smallest absolute Gasteiger partial charge is 0.261 e. The van der Waals surface area contributed by atoms with Crippen LogP contribution in [0.15, 0.2) is 46.5 Å². The predicted octanol–water partition coefficient (Wildman–Crippen LogP) is 1.61. The van der Waals surface area contributed by atoms with Crippen molar-refractivity contribution in [3.05, 3.63) is 69.1 Å². The predicted molar refractivity (Wildman–Crippen MR) is 78.2 cm³/mol. The number of pyridine rings is 1. The third-order valence-electron chi connectivity index (χ3n) is 3.38. The lowest BCUT2D eigenvalue weighted by atomic mass is 10.0. The van der Waals surface area contributed by atoms with Crippen molar-refractivity contribution >= 4 is 5.84 Å². The van der Waals surface area contributed by atoms with E-state index in [9.17, 15) is 4.79 Å². The van der Waals surface area contributed by atoms with Gasteiger partial charge >= 0.3 is 0 Å². The third kappa shape index (κ3) is 2.56. The van der Waals surface area contributed by atoms with Gasteiger partial charge in [0.05, 0.1) is 12.1 Å². The van der Waals surface area contributed by atoms with Gasteiger partial charge in [-0.05, 0) is 42.7 Å². The van der Waals surface area contributed by atoms with Gasteiger partial charge in [-0.25, -0.2) is 0 Å². The zero-order chi connectivity index (χ0) is 14.7. The van der Waals surface area contributed by atoms with E-state index in [0.717, 1.165) is 16.7 Å². The number of nitrogens with two attached hydrogens (primary N) is 1. The molecule has 0 aliphatic rings. The van der Waals surface area contributed by atoms with Gasteiger partial charge in [-0.3, -0.25) is 4.79 Å². The molecule has 0 aliphatic heterocycles. The first-order chi connectivity index (χ1) is 9.54. The first-order valence-electron chi connectivity index (χ1n) is 6.27. The first-order valence-corrected chi connectivity index (χ1v) is 6.27. The summed E-state index contributed by atoms with van der Waals surface area (Å²) in [6, 6.07) is 9.27. The van der Waals surface area contributed by atoms with Crippen LogP contribution in [0.5, 0.6) is 0 Å². The molecule has 0 saturated carbocycles. The topological polar surface area (TPSA) is 80.6 Å². The van der Waals surface area contributed by atoms with Crippen molar-refractivity contribution < 1.29 is 5.21 Å². The van der Waals surface area contributed by atoms with Gasteiger partial charge in [0, 0.05) is 6.20 Å². The monoisotopic (exact) mass is 271 g/mol. The Bertz CT molecular complexity index is 697. The van der Waals surface area contributed by atoms with Crippen LogP contribution >= 0.6 is 0 Å². The van der Waals surface area contributed by atoms with Crippen LogP contribution in [0.3, 0.4) is 0 Å². The molecule has 0 amide bonds. The molecule has 104 valence electrons. The highest BCUT2D eigenvalue weighted by Crippen LogP contribution is 2.14. The molecule has 0 bridgehead atoms. The Balaban J connectivity index is 2.48. The third-order valence-corrected chi connectivity index (χ3v) is 3.38. The number of hydrogen-bond donors (Lipinski definition) is 2. The van der Waals surface area contributed by atoms with Crippen LogP contribution in [0.2, 0.25) is 0 Å². The highest BCUT2D eigenvalue weighted by atomic mass is 16.4. The van der Waals surface area contributed by atoms with Gasteiger partial charge in [0.2, 0.25) is 0 Å². The summed E-state index contributed by atoms with van der Waals surface area (Å²) in [4.78, 5) is 12.3. The lowest BCUT2D eigenvalue weighted by Crippen LogP contribution is -2.30. The van der Waals surface area contributed by atoms with E-state index in [4.69, 9.17) is 10.9 Å². The average Bonchev–Trinajstić information content (AvgIpc) is 2.44. The van der Waals surface area contributed by atoms with Gasteiger partial charge in [0.15, 0.2) is 5.84 Å². The highest BCUT2D eigenvalue weighted by Gasteiger charge is 2.09. The molecule has 1 aromatic heterocycles. The van der Waals surface area contributed by atoms with E-state index < -0.39 is 0 Å². The molecule has 0 atom stereocenters. The molecule has 3 N–H and O–H groups in total. The molecule has 20 heavy (non-hydrogen) atoms. The van der Waals surface area contributed by atoms with Crippen LogP contribution in [-0.2, 0) is 6.54 Å². The first kappa shape index (κ1) is 13.9. The molecule has 0 fully saturated rings. The summed E-state index contributed by atoms with van der Waals surface area (Å²) in [5, 5.41) is 11.6. The fourth-order valence-corrected chi connectivity index (χ4v) is 2.18. The zero-order valence-corrected chi connectivity index (χ0v) is 11.5. The number of oxime groups is 1. The Hall–Kier alpha value is -2.56. The molecule has 5 heteroatoms. The van der Waals surface area contributed by atoms with Crippen molar-refractivity contribution in [1.29, 1.82) is 0 Å². The Morgan fingerprint density at radius 1 is 1.25 bits per heavy atom. The summed E-state index contributed by atoms with van der Waals surface area (Å²) in [6.45, 7) is 4.49. The minimum Gasteiger partial charge on any atom is -0.409 e. The van der Waals surface area contributed by atoms with E-state index in [2.05, 4.69) is 5.16 Å². The van der Waals surface area contributed by atoms with Gasteiger partial charge < -0.3 is 15.5 Å². The summed E-state index contributed by atoms with van der Waals surface area (Å²) >= 11 is 0. The van der Waals surface area contributed by atoms with E-state index in [-0.39, 0.29) is 17.0 Å². The normalized spacial score (nSPS) is 11.6. The number of nitrogens with zero attached hydrogens (tertiary/aromatic N) is 2. The lowest BCUT2D eigenvalue weighted by molar-refractivity contribution is 0.318. The Kier molecular flexibility index (Phi) is 3.89. The number of aryl methyl sites for hydroxylation is 2. The van der Waals surface area contributed by atoms with Gasteiger partial charge in [0.1, 0.15) is 0 Å².